The minimum absolute atomic E-state index is 0.00332. The Morgan fingerprint density at radius 3 is 2.85 bits per heavy atom. The molecule has 26 heavy (non-hydrogen) atoms. The molecule has 3 rings (SSSR count). The first-order valence-electron chi connectivity index (χ1n) is 9.21. The van der Waals surface area contributed by atoms with E-state index in [1.807, 2.05) is 21.8 Å². The summed E-state index contributed by atoms with van der Waals surface area (Å²) in [5.74, 6) is -0.0849. The van der Waals surface area contributed by atoms with Crippen LogP contribution >= 0.6 is 0 Å². The summed E-state index contributed by atoms with van der Waals surface area (Å²) in [6.07, 6.45) is 7.50. The van der Waals surface area contributed by atoms with Crippen LogP contribution in [0.3, 0.4) is 0 Å². The molecule has 5 nitrogen and oxygen atoms in total. The third kappa shape index (κ3) is 4.69. The summed E-state index contributed by atoms with van der Waals surface area (Å²) in [5, 5.41) is 4.17. The number of hydrogen-bond donors (Lipinski definition) is 0. The molecule has 2 atom stereocenters. The van der Waals surface area contributed by atoms with Gasteiger partial charge in [0.15, 0.2) is 0 Å². The van der Waals surface area contributed by atoms with E-state index in [9.17, 15) is 9.18 Å². The van der Waals surface area contributed by atoms with Crippen LogP contribution in [0.15, 0.2) is 42.7 Å². The van der Waals surface area contributed by atoms with Crippen molar-refractivity contribution in [3.8, 4) is 0 Å². The maximum Gasteiger partial charge on any atom is 0.222 e. The van der Waals surface area contributed by atoms with Crippen molar-refractivity contribution in [2.75, 3.05) is 13.7 Å². The van der Waals surface area contributed by atoms with Gasteiger partial charge >= 0.3 is 0 Å². The summed E-state index contributed by atoms with van der Waals surface area (Å²) in [6, 6.07) is 8.39. The number of nitrogens with zero attached hydrogens (tertiary/aromatic N) is 3. The standard InChI is InChI=1S/C20H26FN3O2/c1-26-19-5-2-14-24(18(19)15-16-7-9-17(21)10-8-16)20(25)6-3-12-23-13-4-11-22-23/h4,7-11,13,18-19H,2-3,5-6,12,14-15H2,1H3/t18-,19-/m0/s1. The van der Waals surface area contributed by atoms with Gasteiger partial charge in [0.25, 0.3) is 0 Å². The number of aromatic nitrogens is 2. The highest BCUT2D eigenvalue weighted by atomic mass is 19.1. The second-order valence-corrected chi connectivity index (χ2v) is 6.77. The Morgan fingerprint density at radius 2 is 2.15 bits per heavy atom. The molecule has 2 heterocycles. The van der Waals surface area contributed by atoms with E-state index >= 15 is 0 Å². The van der Waals surface area contributed by atoms with E-state index in [2.05, 4.69) is 5.10 Å². The number of rotatable bonds is 7. The van der Waals surface area contributed by atoms with Gasteiger partial charge in [0.1, 0.15) is 5.82 Å². The average molecular weight is 359 g/mol. The van der Waals surface area contributed by atoms with Gasteiger partial charge in [0.2, 0.25) is 5.91 Å². The van der Waals surface area contributed by atoms with Crippen LogP contribution in [0.25, 0.3) is 0 Å². The van der Waals surface area contributed by atoms with Gasteiger partial charge in [0, 0.05) is 39.0 Å². The van der Waals surface area contributed by atoms with Crippen molar-refractivity contribution in [2.24, 2.45) is 0 Å². The number of benzene rings is 1. The fourth-order valence-electron chi connectivity index (χ4n) is 3.68. The average Bonchev–Trinajstić information content (AvgIpc) is 3.17. The molecular weight excluding hydrogens is 333 g/mol. The highest BCUT2D eigenvalue weighted by Gasteiger charge is 2.34. The van der Waals surface area contributed by atoms with Gasteiger partial charge in [-0.05, 0) is 49.4 Å². The van der Waals surface area contributed by atoms with Crippen molar-refractivity contribution < 1.29 is 13.9 Å². The van der Waals surface area contributed by atoms with E-state index in [4.69, 9.17) is 4.74 Å². The molecule has 1 saturated heterocycles. The van der Waals surface area contributed by atoms with Crippen molar-refractivity contribution in [3.05, 3.63) is 54.1 Å². The number of methoxy groups -OCH3 is 1. The lowest BCUT2D eigenvalue weighted by Crippen LogP contribution is -2.52. The molecule has 2 aromatic rings. The molecule has 1 aromatic heterocycles. The first-order chi connectivity index (χ1) is 12.7. The molecule has 140 valence electrons. The number of likely N-dealkylation sites (tertiary alicyclic amines) is 1. The Labute approximate surface area is 153 Å². The summed E-state index contributed by atoms with van der Waals surface area (Å²) in [6.45, 7) is 1.50. The first kappa shape index (κ1) is 18.6. The number of carbonyl (C=O) groups is 1. The van der Waals surface area contributed by atoms with Crippen LogP contribution in [-0.2, 0) is 22.5 Å². The van der Waals surface area contributed by atoms with E-state index in [0.717, 1.165) is 37.9 Å². The minimum Gasteiger partial charge on any atom is -0.379 e. The summed E-state index contributed by atoms with van der Waals surface area (Å²) < 4.78 is 20.7. The Kier molecular flexibility index (Phi) is 6.39. The quantitative estimate of drug-likeness (QED) is 0.763. The molecule has 0 bridgehead atoms. The third-order valence-corrected chi connectivity index (χ3v) is 5.04. The lowest BCUT2D eigenvalue weighted by atomic mass is 9.92. The molecule has 0 aliphatic carbocycles. The SMILES string of the molecule is CO[C@H]1CCCN(C(=O)CCCn2cccn2)[C@H]1Cc1ccc(F)cc1. The summed E-state index contributed by atoms with van der Waals surface area (Å²) in [5.41, 5.74) is 1.02. The zero-order valence-corrected chi connectivity index (χ0v) is 15.2. The van der Waals surface area contributed by atoms with Crippen LogP contribution in [0.2, 0.25) is 0 Å². The van der Waals surface area contributed by atoms with Crippen molar-refractivity contribution in [2.45, 2.75) is 50.8 Å². The predicted molar refractivity (Wildman–Crippen MR) is 97.1 cm³/mol. The summed E-state index contributed by atoms with van der Waals surface area (Å²) in [7, 11) is 1.70. The molecule has 0 unspecified atom stereocenters. The molecule has 0 N–H and O–H groups in total. The molecule has 1 aromatic carbocycles. The van der Waals surface area contributed by atoms with E-state index in [1.54, 1.807) is 25.4 Å². The van der Waals surface area contributed by atoms with E-state index in [0.29, 0.717) is 12.8 Å². The summed E-state index contributed by atoms with van der Waals surface area (Å²) >= 11 is 0. The molecule has 0 spiro atoms. The number of halogens is 1. The highest BCUT2D eigenvalue weighted by Crippen LogP contribution is 2.24. The number of carbonyl (C=O) groups excluding carboxylic acids is 1. The molecular formula is C20H26FN3O2. The van der Waals surface area contributed by atoms with Crippen LogP contribution in [0, 0.1) is 5.82 Å². The first-order valence-corrected chi connectivity index (χ1v) is 9.21. The monoisotopic (exact) mass is 359 g/mol. The Morgan fingerprint density at radius 1 is 1.35 bits per heavy atom. The van der Waals surface area contributed by atoms with E-state index in [1.165, 1.54) is 12.1 Å². The van der Waals surface area contributed by atoms with Crippen LogP contribution in [0.5, 0.6) is 0 Å². The van der Waals surface area contributed by atoms with Crippen LogP contribution in [-0.4, -0.2) is 46.4 Å². The lowest BCUT2D eigenvalue weighted by Gasteiger charge is -2.41. The van der Waals surface area contributed by atoms with Crippen molar-refractivity contribution >= 4 is 5.91 Å². The van der Waals surface area contributed by atoms with Crippen molar-refractivity contribution in [1.82, 2.24) is 14.7 Å². The third-order valence-electron chi connectivity index (χ3n) is 5.04. The van der Waals surface area contributed by atoms with Gasteiger partial charge < -0.3 is 9.64 Å². The molecule has 6 heteroatoms. The minimum atomic E-state index is -0.243. The number of ether oxygens (including phenoxy) is 1. The normalized spacial score (nSPS) is 20.3. The van der Waals surface area contributed by atoms with Gasteiger partial charge in [0.05, 0.1) is 12.1 Å². The topological polar surface area (TPSA) is 47.4 Å². The van der Waals surface area contributed by atoms with Crippen molar-refractivity contribution in [3.63, 3.8) is 0 Å². The second-order valence-electron chi connectivity index (χ2n) is 6.77. The number of hydrogen-bond acceptors (Lipinski definition) is 3. The molecule has 1 aliphatic heterocycles. The Bertz CT molecular complexity index is 688. The second kappa shape index (κ2) is 8.94. The van der Waals surface area contributed by atoms with Crippen molar-refractivity contribution in [1.29, 1.82) is 0 Å². The smallest absolute Gasteiger partial charge is 0.222 e. The molecule has 1 aliphatic rings. The van der Waals surface area contributed by atoms with Crippen LogP contribution in [0.1, 0.15) is 31.2 Å². The number of aryl methyl sites for hydroxylation is 1. The highest BCUT2D eigenvalue weighted by molar-refractivity contribution is 5.76. The van der Waals surface area contributed by atoms with Gasteiger partial charge in [-0.15, -0.1) is 0 Å². The maximum absolute atomic E-state index is 13.2. The predicted octanol–water partition coefficient (Wildman–Crippen LogP) is 3.05. The molecule has 1 amide bonds. The fraction of sp³-hybridized carbons (Fsp3) is 0.500. The van der Waals surface area contributed by atoms with E-state index in [-0.39, 0.29) is 23.9 Å². The van der Waals surface area contributed by atoms with Gasteiger partial charge in [-0.25, -0.2) is 4.39 Å². The number of piperidine rings is 1. The lowest BCUT2D eigenvalue weighted by molar-refractivity contribution is -0.139. The van der Waals surface area contributed by atoms with Gasteiger partial charge in [-0.1, -0.05) is 12.1 Å². The molecule has 0 saturated carbocycles. The fourth-order valence-corrected chi connectivity index (χ4v) is 3.68. The van der Waals surface area contributed by atoms with E-state index < -0.39 is 0 Å². The molecule has 0 radical (unpaired) electrons. The van der Waals surface area contributed by atoms with Gasteiger partial charge in [-0.2, -0.15) is 5.10 Å². The van der Waals surface area contributed by atoms with Crippen LogP contribution in [0.4, 0.5) is 4.39 Å². The molecule has 1 fully saturated rings. The number of amides is 1. The Hall–Kier alpha value is -2.21. The maximum atomic E-state index is 13.2. The van der Waals surface area contributed by atoms with Gasteiger partial charge in [-0.3, -0.25) is 9.48 Å². The zero-order valence-electron chi connectivity index (χ0n) is 15.2. The zero-order chi connectivity index (χ0) is 18.4. The largest absolute Gasteiger partial charge is 0.379 e. The summed E-state index contributed by atoms with van der Waals surface area (Å²) in [4.78, 5) is 14.8. The Balaban J connectivity index is 1.63. The van der Waals surface area contributed by atoms with Crippen LogP contribution < -0.4 is 0 Å².